The lowest BCUT2D eigenvalue weighted by Gasteiger charge is -2.06. The molecule has 2 aromatic heterocycles. The molecule has 0 saturated carbocycles. The number of aryl methyl sites for hydroxylation is 2. The van der Waals surface area contributed by atoms with Crippen molar-refractivity contribution in [2.45, 2.75) is 33.7 Å². The zero-order valence-electron chi connectivity index (χ0n) is 17.6. The molecule has 0 bridgehead atoms. The third-order valence-corrected chi connectivity index (χ3v) is 6.04. The number of halogens is 1. The summed E-state index contributed by atoms with van der Waals surface area (Å²) in [6.45, 7) is 6.42. The maximum Gasteiger partial charge on any atom is 0.261 e. The Labute approximate surface area is 184 Å². The number of aromatic nitrogens is 3. The quantitative estimate of drug-likeness (QED) is 0.448. The van der Waals surface area contributed by atoms with Crippen LogP contribution in [0.2, 0.25) is 0 Å². The van der Waals surface area contributed by atoms with Crippen LogP contribution in [0.15, 0.2) is 54.7 Å². The van der Waals surface area contributed by atoms with E-state index in [-0.39, 0.29) is 11.7 Å². The molecule has 0 aliphatic carbocycles. The molecule has 7 heteroatoms. The van der Waals surface area contributed by atoms with E-state index in [0.717, 1.165) is 21.7 Å². The lowest BCUT2D eigenvalue weighted by Crippen LogP contribution is -2.14. The van der Waals surface area contributed by atoms with E-state index in [9.17, 15) is 9.18 Å². The lowest BCUT2D eigenvalue weighted by molar-refractivity contribution is 0.102. The van der Waals surface area contributed by atoms with Gasteiger partial charge in [-0.25, -0.2) is 9.37 Å². The number of benzene rings is 2. The van der Waals surface area contributed by atoms with Gasteiger partial charge < -0.3 is 0 Å². The van der Waals surface area contributed by atoms with Gasteiger partial charge in [-0.2, -0.15) is 5.10 Å². The molecule has 0 aliphatic heterocycles. The second-order valence-electron chi connectivity index (χ2n) is 7.58. The van der Waals surface area contributed by atoms with Crippen molar-refractivity contribution >= 4 is 22.4 Å². The van der Waals surface area contributed by atoms with Crippen LogP contribution in [0.4, 0.5) is 9.52 Å². The average molecular weight is 435 g/mol. The number of carbonyl (C=O) groups is 1. The third kappa shape index (κ3) is 4.88. The maximum atomic E-state index is 13.1. The fourth-order valence-electron chi connectivity index (χ4n) is 3.46. The van der Waals surface area contributed by atoms with E-state index in [2.05, 4.69) is 46.6 Å². The molecule has 0 saturated heterocycles. The van der Waals surface area contributed by atoms with Crippen molar-refractivity contribution in [3.63, 3.8) is 0 Å². The molecule has 0 atom stereocenters. The monoisotopic (exact) mass is 434 g/mol. The Bertz CT molecular complexity index is 1210. The smallest absolute Gasteiger partial charge is 0.261 e. The molecule has 0 radical (unpaired) electrons. The van der Waals surface area contributed by atoms with Crippen LogP contribution < -0.4 is 5.32 Å². The summed E-state index contributed by atoms with van der Waals surface area (Å²) in [4.78, 5) is 18.2. The van der Waals surface area contributed by atoms with E-state index < -0.39 is 0 Å². The van der Waals surface area contributed by atoms with Crippen molar-refractivity contribution in [3.05, 3.63) is 99.1 Å². The second-order valence-corrected chi connectivity index (χ2v) is 8.69. The summed E-state index contributed by atoms with van der Waals surface area (Å²) in [5.74, 6) is -0.470. The van der Waals surface area contributed by atoms with Crippen LogP contribution in [0.3, 0.4) is 0 Å². The zero-order valence-corrected chi connectivity index (χ0v) is 18.5. The zero-order chi connectivity index (χ0) is 22.0. The lowest BCUT2D eigenvalue weighted by atomic mass is 10.1. The summed E-state index contributed by atoms with van der Waals surface area (Å²) in [6.07, 6.45) is 2.38. The highest BCUT2D eigenvalue weighted by Gasteiger charge is 2.20. The molecule has 0 spiro atoms. The van der Waals surface area contributed by atoms with Gasteiger partial charge >= 0.3 is 0 Å². The summed E-state index contributed by atoms with van der Waals surface area (Å²) in [7, 11) is 0. The average Bonchev–Trinajstić information content (AvgIpc) is 3.28. The summed E-state index contributed by atoms with van der Waals surface area (Å²) >= 11 is 1.41. The highest BCUT2D eigenvalue weighted by molar-refractivity contribution is 7.15. The van der Waals surface area contributed by atoms with Crippen molar-refractivity contribution < 1.29 is 9.18 Å². The molecule has 0 aliphatic rings. The Kier molecular flexibility index (Phi) is 5.95. The standard InChI is InChI=1S/C24H23FN4OS/c1-15-4-6-19(7-5-15)14-29-17(3)22(16(2)28-29)23(30)27-24-26-13-21(31-24)12-18-8-10-20(25)11-9-18/h4-11,13H,12,14H2,1-3H3,(H,26,27,30). The van der Waals surface area contributed by atoms with E-state index in [1.165, 1.54) is 29.0 Å². The van der Waals surface area contributed by atoms with Crippen LogP contribution >= 0.6 is 11.3 Å². The normalized spacial score (nSPS) is 11.0. The van der Waals surface area contributed by atoms with Gasteiger partial charge in [-0.15, -0.1) is 11.3 Å². The number of nitrogens with one attached hydrogen (secondary N) is 1. The van der Waals surface area contributed by atoms with Crippen molar-refractivity contribution in [1.29, 1.82) is 0 Å². The van der Waals surface area contributed by atoms with Gasteiger partial charge in [0.15, 0.2) is 5.13 Å². The van der Waals surface area contributed by atoms with Gasteiger partial charge in [-0.3, -0.25) is 14.8 Å². The molecule has 0 unspecified atom stereocenters. The first-order valence-corrected chi connectivity index (χ1v) is 10.8. The summed E-state index contributed by atoms with van der Waals surface area (Å²) in [5, 5.41) is 8.00. The molecule has 2 aromatic carbocycles. The SMILES string of the molecule is Cc1ccc(Cn2nc(C)c(C(=O)Nc3ncc(Cc4ccc(F)cc4)s3)c2C)cc1. The van der Waals surface area contributed by atoms with Crippen LogP contribution in [-0.4, -0.2) is 20.7 Å². The van der Waals surface area contributed by atoms with Gasteiger partial charge in [0.25, 0.3) is 5.91 Å². The van der Waals surface area contributed by atoms with Gasteiger partial charge in [0, 0.05) is 23.2 Å². The number of hydrogen-bond acceptors (Lipinski definition) is 4. The first-order valence-electron chi connectivity index (χ1n) is 9.99. The van der Waals surface area contributed by atoms with Crippen LogP contribution in [0, 0.1) is 26.6 Å². The van der Waals surface area contributed by atoms with E-state index in [4.69, 9.17) is 0 Å². The molecule has 4 aromatic rings. The molecular formula is C24H23FN4OS. The van der Waals surface area contributed by atoms with E-state index in [0.29, 0.717) is 29.4 Å². The highest BCUT2D eigenvalue weighted by atomic mass is 32.1. The molecule has 4 rings (SSSR count). The number of amides is 1. The van der Waals surface area contributed by atoms with Crippen molar-refractivity contribution in [2.24, 2.45) is 0 Å². The van der Waals surface area contributed by atoms with Crippen molar-refractivity contribution in [3.8, 4) is 0 Å². The summed E-state index contributed by atoms with van der Waals surface area (Å²) < 4.78 is 14.9. The highest BCUT2D eigenvalue weighted by Crippen LogP contribution is 2.23. The summed E-state index contributed by atoms with van der Waals surface area (Å²) in [5.41, 5.74) is 5.41. The molecule has 2 heterocycles. The molecule has 1 N–H and O–H groups in total. The minimum atomic E-state index is -0.255. The fourth-order valence-corrected chi connectivity index (χ4v) is 4.30. The van der Waals surface area contributed by atoms with Crippen molar-refractivity contribution in [1.82, 2.24) is 14.8 Å². The van der Waals surface area contributed by atoms with Crippen LogP contribution in [0.25, 0.3) is 0 Å². The van der Waals surface area contributed by atoms with Gasteiger partial charge in [0.1, 0.15) is 5.82 Å². The Morgan fingerprint density at radius 3 is 2.42 bits per heavy atom. The largest absolute Gasteiger partial charge is 0.298 e. The molecule has 5 nitrogen and oxygen atoms in total. The van der Waals surface area contributed by atoms with Gasteiger partial charge in [-0.1, -0.05) is 42.0 Å². The van der Waals surface area contributed by atoms with Crippen molar-refractivity contribution in [2.75, 3.05) is 5.32 Å². The van der Waals surface area contributed by atoms with Crippen LogP contribution in [-0.2, 0) is 13.0 Å². The van der Waals surface area contributed by atoms with Crippen LogP contribution in [0.1, 0.15) is 43.3 Å². The Morgan fingerprint density at radius 1 is 1.03 bits per heavy atom. The molecule has 158 valence electrons. The second kappa shape index (κ2) is 8.81. The van der Waals surface area contributed by atoms with E-state index in [1.807, 2.05) is 18.5 Å². The van der Waals surface area contributed by atoms with Crippen LogP contribution in [0.5, 0.6) is 0 Å². The predicted octanol–water partition coefficient (Wildman–Crippen LogP) is 5.30. The maximum absolute atomic E-state index is 13.1. The number of nitrogens with zero attached hydrogens (tertiary/aromatic N) is 3. The minimum Gasteiger partial charge on any atom is -0.298 e. The third-order valence-electron chi connectivity index (χ3n) is 5.13. The van der Waals surface area contributed by atoms with E-state index >= 15 is 0 Å². The number of anilines is 1. The van der Waals surface area contributed by atoms with Gasteiger partial charge in [-0.05, 0) is 44.0 Å². The Balaban J connectivity index is 1.46. The molecular weight excluding hydrogens is 411 g/mol. The number of carbonyl (C=O) groups excluding carboxylic acids is 1. The molecule has 1 amide bonds. The first-order chi connectivity index (χ1) is 14.9. The topological polar surface area (TPSA) is 59.8 Å². The van der Waals surface area contributed by atoms with Gasteiger partial charge in [0.05, 0.1) is 17.8 Å². The number of thiazole rings is 1. The fraction of sp³-hybridized carbons (Fsp3) is 0.208. The minimum absolute atomic E-state index is 0.215. The molecule has 0 fully saturated rings. The number of hydrogen-bond donors (Lipinski definition) is 1. The molecule has 31 heavy (non-hydrogen) atoms. The number of rotatable bonds is 6. The van der Waals surface area contributed by atoms with Gasteiger partial charge in [0.2, 0.25) is 0 Å². The van der Waals surface area contributed by atoms with E-state index in [1.54, 1.807) is 18.3 Å². The predicted molar refractivity (Wildman–Crippen MR) is 121 cm³/mol. The summed E-state index contributed by atoms with van der Waals surface area (Å²) in [6, 6.07) is 14.7. The first kappa shape index (κ1) is 20.9. The Hall–Kier alpha value is -3.32. The Morgan fingerprint density at radius 2 is 1.71 bits per heavy atom.